The van der Waals surface area contributed by atoms with Crippen LogP contribution in [0.25, 0.3) is 0 Å². The molecule has 0 spiro atoms. The highest BCUT2D eigenvalue weighted by Gasteiger charge is 2.28. The number of hydrogen-bond acceptors (Lipinski definition) is 3. The molecule has 16 heavy (non-hydrogen) atoms. The van der Waals surface area contributed by atoms with Crippen molar-refractivity contribution in [3.63, 3.8) is 0 Å². The lowest BCUT2D eigenvalue weighted by Gasteiger charge is -2.40. The van der Waals surface area contributed by atoms with E-state index in [0.717, 1.165) is 25.9 Å². The van der Waals surface area contributed by atoms with Crippen molar-refractivity contribution in [2.75, 3.05) is 20.1 Å². The van der Waals surface area contributed by atoms with E-state index in [1.807, 2.05) is 0 Å². The highest BCUT2D eigenvalue weighted by atomic mass is 16.4. The molecular formula is C12H24N2O2. The Labute approximate surface area is 98.0 Å². The molecule has 1 aliphatic heterocycles. The second kappa shape index (κ2) is 6.21. The summed E-state index contributed by atoms with van der Waals surface area (Å²) in [5.74, 6) is -0.0578. The third kappa shape index (κ3) is 4.10. The molecule has 2 N–H and O–H groups in total. The van der Waals surface area contributed by atoms with Gasteiger partial charge in [-0.05, 0) is 39.3 Å². The topological polar surface area (TPSA) is 52.6 Å². The van der Waals surface area contributed by atoms with E-state index in [1.165, 1.54) is 0 Å². The van der Waals surface area contributed by atoms with Crippen molar-refractivity contribution in [2.45, 2.75) is 45.2 Å². The van der Waals surface area contributed by atoms with Crippen molar-refractivity contribution in [1.82, 2.24) is 10.2 Å². The Morgan fingerprint density at radius 1 is 1.50 bits per heavy atom. The van der Waals surface area contributed by atoms with E-state index in [0.29, 0.717) is 18.0 Å². The van der Waals surface area contributed by atoms with Gasteiger partial charge in [0, 0.05) is 25.0 Å². The molecule has 1 saturated heterocycles. The molecule has 4 nitrogen and oxygen atoms in total. The third-order valence-electron chi connectivity index (χ3n) is 3.58. The number of carbonyl (C=O) groups is 1. The molecule has 3 unspecified atom stereocenters. The van der Waals surface area contributed by atoms with Crippen LogP contribution < -0.4 is 5.32 Å². The first-order chi connectivity index (χ1) is 7.50. The summed E-state index contributed by atoms with van der Waals surface area (Å²) >= 11 is 0. The first kappa shape index (κ1) is 13.5. The van der Waals surface area contributed by atoms with Crippen LogP contribution in [-0.4, -0.2) is 48.2 Å². The number of nitrogens with one attached hydrogen (secondary N) is 1. The Morgan fingerprint density at radius 3 is 2.81 bits per heavy atom. The van der Waals surface area contributed by atoms with Gasteiger partial charge in [-0.3, -0.25) is 4.79 Å². The van der Waals surface area contributed by atoms with Crippen LogP contribution in [0.15, 0.2) is 0 Å². The van der Waals surface area contributed by atoms with Crippen molar-refractivity contribution in [1.29, 1.82) is 0 Å². The maximum absolute atomic E-state index is 10.4. The average molecular weight is 228 g/mol. The fraction of sp³-hybridized carbons (Fsp3) is 0.917. The molecule has 0 aromatic carbocycles. The lowest BCUT2D eigenvalue weighted by atomic mass is 9.90. The van der Waals surface area contributed by atoms with E-state index in [4.69, 9.17) is 5.11 Å². The summed E-state index contributed by atoms with van der Waals surface area (Å²) in [6.07, 6.45) is 2.15. The largest absolute Gasteiger partial charge is 0.481 e. The second-order valence-electron chi connectivity index (χ2n) is 5.06. The van der Waals surface area contributed by atoms with Crippen LogP contribution in [0.4, 0.5) is 0 Å². The Bertz CT molecular complexity index is 233. The monoisotopic (exact) mass is 228 g/mol. The van der Waals surface area contributed by atoms with Crippen molar-refractivity contribution in [3.05, 3.63) is 0 Å². The zero-order valence-electron chi connectivity index (χ0n) is 10.6. The highest BCUT2D eigenvalue weighted by molar-refractivity contribution is 5.66. The summed E-state index contributed by atoms with van der Waals surface area (Å²) < 4.78 is 0. The van der Waals surface area contributed by atoms with Crippen LogP contribution in [0.2, 0.25) is 0 Å². The standard InChI is InChI=1S/C12H24N2O2/c1-9-8-14(3)10(2)7-11(9)13-6-4-5-12(15)16/h9-11,13H,4-8H2,1-3H3,(H,15,16). The van der Waals surface area contributed by atoms with Gasteiger partial charge in [0.05, 0.1) is 0 Å². The Balaban J connectivity index is 2.23. The van der Waals surface area contributed by atoms with Crippen molar-refractivity contribution in [2.24, 2.45) is 5.92 Å². The molecule has 3 atom stereocenters. The van der Waals surface area contributed by atoms with Gasteiger partial charge in [-0.2, -0.15) is 0 Å². The minimum Gasteiger partial charge on any atom is -0.481 e. The molecule has 1 heterocycles. The maximum atomic E-state index is 10.4. The molecule has 0 saturated carbocycles. The van der Waals surface area contributed by atoms with Gasteiger partial charge in [0.2, 0.25) is 0 Å². The van der Waals surface area contributed by atoms with Crippen molar-refractivity contribution >= 4 is 5.97 Å². The lowest BCUT2D eigenvalue weighted by molar-refractivity contribution is -0.137. The molecule has 94 valence electrons. The third-order valence-corrected chi connectivity index (χ3v) is 3.58. The quantitative estimate of drug-likeness (QED) is 0.694. The Morgan fingerprint density at radius 2 is 2.19 bits per heavy atom. The number of carboxylic acids is 1. The van der Waals surface area contributed by atoms with Gasteiger partial charge in [0.15, 0.2) is 0 Å². The molecular weight excluding hydrogens is 204 g/mol. The number of aliphatic carboxylic acids is 1. The van der Waals surface area contributed by atoms with E-state index >= 15 is 0 Å². The first-order valence-corrected chi connectivity index (χ1v) is 6.16. The van der Waals surface area contributed by atoms with Gasteiger partial charge in [0.25, 0.3) is 0 Å². The van der Waals surface area contributed by atoms with Crippen LogP contribution in [-0.2, 0) is 4.79 Å². The lowest BCUT2D eigenvalue weighted by Crippen LogP contribution is -2.51. The van der Waals surface area contributed by atoms with Crippen LogP contribution in [0.1, 0.15) is 33.1 Å². The van der Waals surface area contributed by atoms with E-state index < -0.39 is 5.97 Å². The first-order valence-electron chi connectivity index (χ1n) is 6.16. The van der Waals surface area contributed by atoms with E-state index in [1.54, 1.807) is 0 Å². The van der Waals surface area contributed by atoms with Crippen molar-refractivity contribution < 1.29 is 9.90 Å². The SMILES string of the molecule is CC1CN(C)C(C)CC1NCCCC(=O)O. The van der Waals surface area contributed by atoms with E-state index in [9.17, 15) is 4.79 Å². The number of nitrogens with zero attached hydrogens (tertiary/aromatic N) is 1. The molecule has 4 heteroatoms. The zero-order chi connectivity index (χ0) is 12.1. The van der Waals surface area contributed by atoms with Crippen LogP contribution in [0.3, 0.4) is 0 Å². The molecule has 1 fully saturated rings. The minimum absolute atomic E-state index is 0.267. The number of carboxylic acid groups (broad SMARTS) is 1. The van der Waals surface area contributed by atoms with Crippen LogP contribution >= 0.6 is 0 Å². The number of piperidine rings is 1. The summed E-state index contributed by atoms with van der Waals surface area (Å²) in [4.78, 5) is 12.8. The zero-order valence-corrected chi connectivity index (χ0v) is 10.6. The molecule has 0 aromatic heterocycles. The molecule has 1 aliphatic rings. The van der Waals surface area contributed by atoms with Crippen LogP contribution in [0.5, 0.6) is 0 Å². The van der Waals surface area contributed by atoms with Gasteiger partial charge in [-0.25, -0.2) is 0 Å². The molecule has 0 aromatic rings. The number of hydrogen-bond donors (Lipinski definition) is 2. The highest BCUT2D eigenvalue weighted by Crippen LogP contribution is 2.20. The maximum Gasteiger partial charge on any atom is 0.303 e. The smallest absolute Gasteiger partial charge is 0.303 e. The molecule has 0 radical (unpaired) electrons. The molecule has 0 amide bonds. The average Bonchev–Trinajstić information content (AvgIpc) is 2.19. The van der Waals surface area contributed by atoms with Crippen LogP contribution in [0, 0.1) is 5.92 Å². The van der Waals surface area contributed by atoms with Gasteiger partial charge >= 0.3 is 5.97 Å². The Kier molecular flexibility index (Phi) is 5.22. The minimum atomic E-state index is -0.702. The molecule has 1 rings (SSSR count). The predicted octanol–water partition coefficient (Wildman–Crippen LogP) is 1.17. The van der Waals surface area contributed by atoms with Gasteiger partial charge in [-0.15, -0.1) is 0 Å². The normalized spacial score (nSPS) is 31.6. The second-order valence-corrected chi connectivity index (χ2v) is 5.06. The molecule has 0 aliphatic carbocycles. The summed E-state index contributed by atoms with van der Waals surface area (Å²) in [7, 11) is 2.17. The summed E-state index contributed by atoms with van der Waals surface area (Å²) in [6.45, 7) is 6.45. The molecule has 0 bridgehead atoms. The summed E-state index contributed by atoms with van der Waals surface area (Å²) in [5, 5.41) is 12.0. The van der Waals surface area contributed by atoms with Gasteiger partial charge < -0.3 is 15.3 Å². The summed E-state index contributed by atoms with van der Waals surface area (Å²) in [5.41, 5.74) is 0. The summed E-state index contributed by atoms with van der Waals surface area (Å²) in [6, 6.07) is 1.16. The van der Waals surface area contributed by atoms with E-state index in [-0.39, 0.29) is 6.42 Å². The van der Waals surface area contributed by atoms with Gasteiger partial charge in [-0.1, -0.05) is 6.92 Å². The Hall–Kier alpha value is -0.610. The van der Waals surface area contributed by atoms with Gasteiger partial charge in [0.1, 0.15) is 0 Å². The number of rotatable bonds is 5. The number of likely N-dealkylation sites (tertiary alicyclic amines) is 1. The fourth-order valence-electron chi connectivity index (χ4n) is 2.35. The van der Waals surface area contributed by atoms with Crippen molar-refractivity contribution in [3.8, 4) is 0 Å². The van der Waals surface area contributed by atoms with E-state index in [2.05, 4.69) is 31.1 Å². The fourth-order valence-corrected chi connectivity index (χ4v) is 2.35. The predicted molar refractivity (Wildman–Crippen MR) is 64.5 cm³/mol.